The third kappa shape index (κ3) is 3.00. The van der Waals surface area contributed by atoms with Crippen molar-refractivity contribution in [1.82, 2.24) is 24.9 Å². The van der Waals surface area contributed by atoms with Gasteiger partial charge in [-0.1, -0.05) is 0 Å². The molecular formula is C22H29N5O3. The van der Waals surface area contributed by atoms with Crippen LogP contribution in [0.2, 0.25) is 0 Å². The number of ether oxygens (including phenoxy) is 1. The van der Waals surface area contributed by atoms with Gasteiger partial charge in [0.25, 0.3) is 5.91 Å². The normalized spacial score (nSPS) is 35.6. The molecule has 4 saturated carbocycles. The molecule has 8 heteroatoms. The van der Waals surface area contributed by atoms with Gasteiger partial charge in [0.05, 0.1) is 17.8 Å². The fourth-order valence-electron chi connectivity index (χ4n) is 6.78. The summed E-state index contributed by atoms with van der Waals surface area (Å²) in [5, 5.41) is 23.2. The topological polar surface area (TPSA) is 94.2 Å². The van der Waals surface area contributed by atoms with E-state index < -0.39 is 5.60 Å². The number of carbonyl (C=O) groups excluding carboxylic acids is 1. The van der Waals surface area contributed by atoms with Gasteiger partial charge in [-0.3, -0.25) is 4.79 Å². The Morgan fingerprint density at radius 2 is 1.93 bits per heavy atom. The summed E-state index contributed by atoms with van der Waals surface area (Å²) in [6.07, 6.45) is 11.9. The Balaban J connectivity index is 1.29. The summed E-state index contributed by atoms with van der Waals surface area (Å²) >= 11 is 0. The number of aliphatic hydroxyl groups is 1. The van der Waals surface area contributed by atoms with Gasteiger partial charge in [0.15, 0.2) is 5.82 Å². The molecule has 2 unspecified atom stereocenters. The summed E-state index contributed by atoms with van der Waals surface area (Å²) in [5.41, 5.74) is 0.0732. The maximum Gasteiger partial charge on any atom is 0.256 e. The monoisotopic (exact) mass is 411 g/mol. The lowest BCUT2D eigenvalue weighted by atomic mass is 9.52. The van der Waals surface area contributed by atoms with Crippen LogP contribution >= 0.6 is 0 Å². The van der Waals surface area contributed by atoms with Crippen LogP contribution in [0.5, 0.6) is 0 Å². The van der Waals surface area contributed by atoms with Gasteiger partial charge in [0.1, 0.15) is 5.56 Å². The molecule has 4 bridgehead atoms. The minimum absolute atomic E-state index is 0.0803. The van der Waals surface area contributed by atoms with E-state index in [1.54, 1.807) is 17.1 Å². The minimum atomic E-state index is -0.494. The van der Waals surface area contributed by atoms with Crippen LogP contribution in [0.25, 0.3) is 5.82 Å². The van der Waals surface area contributed by atoms with Gasteiger partial charge >= 0.3 is 0 Å². The first kappa shape index (κ1) is 18.6. The molecule has 3 heterocycles. The smallest absolute Gasteiger partial charge is 0.256 e. The molecule has 2 N–H and O–H groups in total. The molecule has 8 nitrogen and oxygen atoms in total. The second-order valence-electron chi connectivity index (χ2n) is 9.81. The molecule has 2 aromatic rings. The predicted molar refractivity (Wildman–Crippen MR) is 108 cm³/mol. The van der Waals surface area contributed by atoms with Crippen LogP contribution in [0, 0.1) is 17.8 Å². The molecule has 2 aromatic heterocycles. The van der Waals surface area contributed by atoms with E-state index in [-0.39, 0.29) is 18.0 Å². The quantitative estimate of drug-likeness (QED) is 0.804. The van der Waals surface area contributed by atoms with Crippen LogP contribution in [-0.4, -0.2) is 55.4 Å². The van der Waals surface area contributed by atoms with Gasteiger partial charge < -0.3 is 15.2 Å². The average Bonchev–Trinajstić information content (AvgIpc) is 3.39. The number of nitrogens with one attached hydrogen (secondary N) is 1. The molecule has 0 radical (unpaired) electrons. The van der Waals surface area contributed by atoms with E-state index in [0.717, 1.165) is 50.8 Å². The van der Waals surface area contributed by atoms with Crippen LogP contribution in [0.4, 0.5) is 0 Å². The van der Waals surface area contributed by atoms with Gasteiger partial charge in [0, 0.05) is 31.6 Å². The Labute approximate surface area is 175 Å². The Hall–Kier alpha value is -2.19. The average molecular weight is 412 g/mol. The Kier molecular flexibility index (Phi) is 4.28. The molecule has 2 atom stereocenters. The zero-order valence-electron chi connectivity index (χ0n) is 17.1. The molecule has 1 amide bonds. The van der Waals surface area contributed by atoms with Gasteiger partial charge in [-0.15, -0.1) is 0 Å². The minimum Gasteiger partial charge on any atom is -0.390 e. The first-order valence-corrected chi connectivity index (χ1v) is 11.3. The molecule has 0 spiro atoms. The van der Waals surface area contributed by atoms with Gasteiger partial charge in [0.2, 0.25) is 0 Å². The lowest BCUT2D eigenvalue weighted by Crippen LogP contribution is -2.61. The fraction of sp³-hybridized carbons (Fsp3) is 0.682. The molecule has 1 saturated heterocycles. The van der Waals surface area contributed by atoms with Crippen LogP contribution in [0.15, 0.2) is 24.7 Å². The Morgan fingerprint density at radius 3 is 2.60 bits per heavy atom. The number of carbonyl (C=O) groups is 1. The molecule has 160 valence electrons. The summed E-state index contributed by atoms with van der Waals surface area (Å²) in [4.78, 5) is 13.4. The lowest BCUT2D eigenvalue weighted by Gasteiger charge is -2.58. The SMILES string of the molecule is O=C(N[C@H]1C2CC3CC1C[C@](O)(C3)C2)c1cnn(C2CCOCC2)c1-n1cccn1. The maximum atomic E-state index is 13.4. The van der Waals surface area contributed by atoms with Crippen molar-refractivity contribution in [3.63, 3.8) is 0 Å². The highest BCUT2D eigenvalue weighted by molar-refractivity contribution is 5.97. The van der Waals surface area contributed by atoms with E-state index in [2.05, 4.69) is 15.5 Å². The summed E-state index contributed by atoms with van der Waals surface area (Å²) in [6, 6.07) is 2.21. The van der Waals surface area contributed by atoms with Crippen molar-refractivity contribution in [3.8, 4) is 5.82 Å². The fourth-order valence-corrected chi connectivity index (χ4v) is 6.78. The maximum absolute atomic E-state index is 13.4. The summed E-state index contributed by atoms with van der Waals surface area (Å²) < 4.78 is 9.20. The van der Waals surface area contributed by atoms with Gasteiger partial charge in [-0.25, -0.2) is 9.36 Å². The second-order valence-corrected chi connectivity index (χ2v) is 9.81. The van der Waals surface area contributed by atoms with E-state index >= 15 is 0 Å². The lowest BCUT2D eigenvalue weighted by molar-refractivity contribution is -0.136. The van der Waals surface area contributed by atoms with Crippen molar-refractivity contribution >= 4 is 5.91 Å². The largest absolute Gasteiger partial charge is 0.390 e. The van der Waals surface area contributed by atoms with Crippen LogP contribution < -0.4 is 5.32 Å². The Morgan fingerprint density at radius 1 is 1.17 bits per heavy atom. The highest BCUT2D eigenvalue weighted by Gasteiger charge is 2.55. The second kappa shape index (κ2) is 6.92. The van der Waals surface area contributed by atoms with E-state index in [1.165, 1.54) is 0 Å². The van der Waals surface area contributed by atoms with Crippen molar-refractivity contribution in [1.29, 1.82) is 0 Å². The highest BCUT2D eigenvalue weighted by atomic mass is 16.5. The number of amides is 1. The van der Waals surface area contributed by atoms with Crippen molar-refractivity contribution in [2.45, 2.75) is 62.6 Å². The summed E-state index contributed by atoms with van der Waals surface area (Å²) in [7, 11) is 0. The number of rotatable bonds is 4. The molecule has 4 aliphatic carbocycles. The van der Waals surface area contributed by atoms with Crippen LogP contribution in [0.3, 0.4) is 0 Å². The van der Waals surface area contributed by atoms with Crippen molar-refractivity contribution in [2.24, 2.45) is 17.8 Å². The molecular weight excluding hydrogens is 382 g/mol. The van der Waals surface area contributed by atoms with E-state index in [0.29, 0.717) is 36.5 Å². The van der Waals surface area contributed by atoms with Gasteiger partial charge in [-0.2, -0.15) is 10.2 Å². The van der Waals surface area contributed by atoms with Crippen molar-refractivity contribution < 1.29 is 14.6 Å². The first-order valence-electron chi connectivity index (χ1n) is 11.3. The third-order valence-corrected chi connectivity index (χ3v) is 7.81. The number of hydrogen-bond donors (Lipinski definition) is 2. The summed E-state index contributed by atoms with van der Waals surface area (Å²) in [5.74, 6) is 2.03. The van der Waals surface area contributed by atoms with Crippen LogP contribution in [-0.2, 0) is 4.74 Å². The van der Waals surface area contributed by atoms with E-state index in [9.17, 15) is 9.90 Å². The number of aromatic nitrogens is 4. The van der Waals surface area contributed by atoms with Crippen LogP contribution in [0.1, 0.15) is 61.3 Å². The third-order valence-electron chi connectivity index (χ3n) is 7.81. The molecule has 7 rings (SSSR count). The van der Waals surface area contributed by atoms with Crippen molar-refractivity contribution in [3.05, 3.63) is 30.2 Å². The van der Waals surface area contributed by atoms with Gasteiger partial charge in [-0.05, 0) is 68.8 Å². The molecule has 0 aromatic carbocycles. The number of hydrogen-bond acceptors (Lipinski definition) is 5. The van der Waals surface area contributed by atoms with Crippen molar-refractivity contribution in [2.75, 3.05) is 13.2 Å². The highest BCUT2D eigenvalue weighted by Crippen LogP contribution is 2.55. The zero-order valence-corrected chi connectivity index (χ0v) is 17.1. The first-order chi connectivity index (χ1) is 14.6. The molecule has 5 aliphatic rings. The zero-order chi connectivity index (χ0) is 20.3. The molecule has 5 fully saturated rings. The standard InChI is InChI=1S/C22H29N5O3/c28-20(25-19-15-8-14-9-16(19)12-22(29,10-14)11-15)18-13-24-27(17-2-6-30-7-3-17)21(18)26-5-1-4-23-26/h1,4-5,13-17,19,29H,2-3,6-12H2,(H,25,28)/t14?,15?,16?,19-,22-. The summed E-state index contributed by atoms with van der Waals surface area (Å²) in [6.45, 7) is 1.42. The number of nitrogens with zero attached hydrogens (tertiary/aromatic N) is 4. The molecule has 30 heavy (non-hydrogen) atoms. The Bertz CT molecular complexity index is 917. The van der Waals surface area contributed by atoms with E-state index in [4.69, 9.17) is 4.74 Å². The predicted octanol–water partition coefficient (Wildman–Crippen LogP) is 2.09. The molecule has 1 aliphatic heterocycles. The van der Waals surface area contributed by atoms with E-state index in [1.807, 2.05) is 16.9 Å².